The second-order valence-corrected chi connectivity index (χ2v) is 3.74. The Kier molecular flexibility index (Phi) is 2.96. The van der Waals surface area contributed by atoms with E-state index < -0.39 is 12.0 Å². The average molecular weight is 223 g/mol. The molecule has 2 rings (SSSR count). The molecule has 0 amide bonds. The van der Waals surface area contributed by atoms with Crippen molar-refractivity contribution in [1.29, 1.82) is 0 Å². The van der Waals surface area contributed by atoms with Gasteiger partial charge in [-0.1, -0.05) is 12.1 Å². The number of hydrogen-bond acceptors (Lipinski definition) is 4. The number of benzene rings is 1. The lowest BCUT2D eigenvalue weighted by Gasteiger charge is -2.13. The SMILES string of the molecule is O=C(O)C1CC(Oc2ccccc2O)CN1. The van der Waals surface area contributed by atoms with Crippen molar-refractivity contribution in [3.8, 4) is 11.5 Å². The van der Waals surface area contributed by atoms with Gasteiger partial charge in [0.25, 0.3) is 0 Å². The maximum absolute atomic E-state index is 10.7. The molecule has 1 aliphatic rings. The van der Waals surface area contributed by atoms with Crippen molar-refractivity contribution >= 4 is 5.97 Å². The summed E-state index contributed by atoms with van der Waals surface area (Å²) in [5, 5.41) is 21.1. The summed E-state index contributed by atoms with van der Waals surface area (Å²) in [5.74, 6) is -0.412. The van der Waals surface area contributed by atoms with E-state index in [9.17, 15) is 9.90 Å². The van der Waals surface area contributed by atoms with E-state index in [4.69, 9.17) is 9.84 Å². The third-order valence-electron chi connectivity index (χ3n) is 2.55. The van der Waals surface area contributed by atoms with Crippen LogP contribution in [-0.4, -0.2) is 34.9 Å². The number of para-hydroxylation sites is 2. The van der Waals surface area contributed by atoms with E-state index in [1.54, 1.807) is 18.2 Å². The Balaban J connectivity index is 1.97. The first-order valence-corrected chi connectivity index (χ1v) is 5.07. The minimum atomic E-state index is -0.872. The number of aromatic hydroxyl groups is 1. The molecule has 2 atom stereocenters. The monoisotopic (exact) mass is 223 g/mol. The molecule has 0 aliphatic carbocycles. The molecule has 1 aliphatic heterocycles. The molecular formula is C11H13NO4. The van der Waals surface area contributed by atoms with Crippen LogP contribution >= 0.6 is 0 Å². The molecule has 5 nitrogen and oxygen atoms in total. The van der Waals surface area contributed by atoms with Crippen LogP contribution in [0.5, 0.6) is 11.5 Å². The van der Waals surface area contributed by atoms with E-state index in [2.05, 4.69) is 5.32 Å². The van der Waals surface area contributed by atoms with Crippen LogP contribution in [0.4, 0.5) is 0 Å². The highest BCUT2D eigenvalue weighted by Gasteiger charge is 2.30. The maximum atomic E-state index is 10.7. The second kappa shape index (κ2) is 4.40. The van der Waals surface area contributed by atoms with E-state index in [0.717, 1.165) is 0 Å². The van der Waals surface area contributed by atoms with E-state index in [1.807, 2.05) is 0 Å². The molecule has 3 N–H and O–H groups in total. The molecule has 0 spiro atoms. The lowest BCUT2D eigenvalue weighted by atomic mass is 10.2. The molecule has 0 bridgehead atoms. The van der Waals surface area contributed by atoms with Gasteiger partial charge in [0.05, 0.1) is 0 Å². The largest absolute Gasteiger partial charge is 0.504 e. The Morgan fingerprint density at radius 3 is 2.81 bits per heavy atom. The third kappa shape index (κ3) is 2.25. The highest BCUT2D eigenvalue weighted by Crippen LogP contribution is 2.27. The molecule has 1 heterocycles. The Morgan fingerprint density at radius 2 is 2.19 bits per heavy atom. The number of rotatable bonds is 3. The van der Waals surface area contributed by atoms with E-state index in [1.165, 1.54) is 6.07 Å². The van der Waals surface area contributed by atoms with Crippen molar-refractivity contribution in [2.45, 2.75) is 18.6 Å². The van der Waals surface area contributed by atoms with Gasteiger partial charge in [-0.3, -0.25) is 4.79 Å². The number of carboxylic acids is 1. The van der Waals surface area contributed by atoms with Crippen molar-refractivity contribution < 1.29 is 19.7 Å². The smallest absolute Gasteiger partial charge is 0.320 e. The van der Waals surface area contributed by atoms with Gasteiger partial charge in [0, 0.05) is 13.0 Å². The zero-order chi connectivity index (χ0) is 11.5. The Bertz CT molecular complexity index is 393. The molecule has 0 radical (unpaired) electrons. The number of aliphatic carboxylic acids is 1. The predicted molar refractivity (Wildman–Crippen MR) is 56.6 cm³/mol. The van der Waals surface area contributed by atoms with Crippen molar-refractivity contribution in [2.24, 2.45) is 0 Å². The summed E-state index contributed by atoms with van der Waals surface area (Å²) in [6.07, 6.45) is 0.193. The van der Waals surface area contributed by atoms with E-state index >= 15 is 0 Å². The fourth-order valence-electron chi connectivity index (χ4n) is 1.72. The summed E-state index contributed by atoms with van der Waals surface area (Å²) < 4.78 is 5.51. The zero-order valence-electron chi connectivity index (χ0n) is 8.59. The second-order valence-electron chi connectivity index (χ2n) is 3.74. The first-order valence-electron chi connectivity index (χ1n) is 5.07. The number of phenolic OH excluding ortho intramolecular Hbond substituents is 1. The van der Waals surface area contributed by atoms with Gasteiger partial charge in [-0.15, -0.1) is 0 Å². The summed E-state index contributed by atoms with van der Waals surface area (Å²) in [5.41, 5.74) is 0. The molecule has 0 saturated carbocycles. The minimum Gasteiger partial charge on any atom is -0.504 e. The fraction of sp³-hybridized carbons (Fsp3) is 0.364. The molecular weight excluding hydrogens is 210 g/mol. The number of carbonyl (C=O) groups is 1. The summed E-state index contributed by atoms with van der Waals surface area (Å²) in [6.45, 7) is 0.477. The zero-order valence-corrected chi connectivity index (χ0v) is 8.59. The maximum Gasteiger partial charge on any atom is 0.320 e. The lowest BCUT2D eigenvalue weighted by Crippen LogP contribution is -2.30. The molecule has 1 saturated heterocycles. The molecule has 2 unspecified atom stereocenters. The van der Waals surface area contributed by atoms with Crippen LogP contribution in [0.1, 0.15) is 6.42 Å². The van der Waals surface area contributed by atoms with Gasteiger partial charge in [0.15, 0.2) is 11.5 Å². The number of phenols is 1. The summed E-state index contributed by atoms with van der Waals surface area (Å²) >= 11 is 0. The Hall–Kier alpha value is -1.75. The van der Waals surface area contributed by atoms with Crippen molar-refractivity contribution in [1.82, 2.24) is 5.32 Å². The van der Waals surface area contributed by atoms with Crippen LogP contribution in [0, 0.1) is 0 Å². The fourth-order valence-corrected chi connectivity index (χ4v) is 1.72. The number of hydrogen-bond donors (Lipinski definition) is 3. The quantitative estimate of drug-likeness (QED) is 0.698. The highest BCUT2D eigenvalue weighted by atomic mass is 16.5. The van der Waals surface area contributed by atoms with Gasteiger partial charge in [-0.05, 0) is 12.1 Å². The molecule has 86 valence electrons. The van der Waals surface area contributed by atoms with Gasteiger partial charge in [0.1, 0.15) is 12.1 Å². The van der Waals surface area contributed by atoms with Gasteiger partial charge < -0.3 is 20.3 Å². The number of nitrogens with one attached hydrogen (secondary N) is 1. The molecule has 5 heteroatoms. The third-order valence-corrected chi connectivity index (χ3v) is 2.55. The molecule has 1 fully saturated rings. The number of ether oxygens (including phenoxy) is 1. The molecule has 1 aromatic rings. The normalized spacial score (nSPS) is 24.2. The van der Waals surface area contributed by atoms with Gasteiger partial charge in [-0.2, -0.15) is 0 Å². The van der Waals surface area contributed by atoms with Gasteiger partial charge >= 0.3 is 5.97 Å². The standard InChI is InChI=1S/C11H13NO4/c13-9-3-1-2-4-10(9)16-7-5-8(11(14)15)12-6-7/h1-4,7-8,12-13H,5-6H2,(H,14,15). The van der Waals surface area contributed by atoms with Gasteiger partial charge in [0.2, 0.25) is 0 Å². The van der Waals surface area contributed by atoms with E-state index in [-0.39, 0.29) is 11.9 Å². The van der Waals surface area contributed by atoms with Gasteiger partial charge in [-0.25, -0.2) is 0 Å². The van der Waals surface area contributed by atoms with Crippen LogP contribution < -0.4 is 10.1 Å². The summed E-state index contributed by atoms with van der Waals surface area (Å²) in [6, 6.07) is 6.09. The summed E-state index contributed by atoms with van der Waals surface area (Å²) in [4.78, 5) is 10.7. The van der Waals surface area contributed by atoms with Crippen LogP contribution in [0.15, 0.2) is 24.3 Å². The van der Waals surface area contributed by atoms with Crippen LogP contribution in [0.25, 0.3) is 0 Å². The highest BCUT2D eigenvalue weighted by molar-refractivity contribution is 5.73. The van der Waals surface area contributed by atoms with Crippen LogP contribution in [0.3, 0.4) is 0 Å². The van der Waals surface area contributed by atoms with Crippen LogP contribution in [-0.2, 0) is 4.79 Å². The Morgan fingerprint density at radius 1 is 1.44 bits per heavy atom. The first-order chi connectivity index (χ1) is 7.66. The Labute approximate surface area is 92.7 Å². The first kappa shape index (κ1) is 10.8. The summed E-state index contributed by atoms with van der Waals surface area (Å²) in [7, 11) is 0. The van der Waals surface area contributed by atoms with E-state index in [0.29, 0.717) is 18.7 Å². The van der Waals surface area contributed by atoms with Crippen molar-refractivity contribution in [3.05, 3.63) is 24.3 Å². The lowest BCUT2D eigenvalue weighted by molar-refractivity contribution is -0.139. The van der Waals surface area contributed by atoms with Crippen LogP contribution in [0.2, 0.25) is 0 Å². The molecule has 16 heavy (non-hydrogen) atoms. The molecule has 1 aromatic carbocycles. The van der Waals surface area contributed by atoms with Crippen molar-refractivity contribution in [3.63, 3.8) is 0 Å². The predicted octanol–water partition coefficient (Wildman–Crippen LogP) is 0.586. The minimum absolute atomic E-state index is 0.0706. The average Bonchev–Trinajstić information content (AvgIpc) is 2.70. The molecule has 0 aromatic heterocycles. The number of carboxylic acid groups (broad SMARTS) is 1. The van der Waals surface area contributed by atoms with Crippen molar-refractivity contribution in [2.75, 3.05) is 6.54 Å². The topological polar surface area (TPSA) is 78.8 Å².